The van der Waals surface area contributed by atoms with Gasteiger partial charge < -0.3 is 9.47 Å². The number of Topliss-reactive ketones (excluding diaryl/α,β-unsaturated/α-hetero) is 1. The van der Waals surface area contributed by atoms with Gasteiger partial charge in [-0.15, -0.1) is 11.3 Å². The Morgan fingerprint density at radius 1 is 1.15 bits per heavy atom. The minimum Gasteiger partial charge on any atom is -0.494 e. The van der Waals surface area contributed by atoms with Gasteiger partial charge in [0.05, 0.1) is 17.5 Å². The molecular weight excluding hydrogens is 358 g/mol. The number of thiophene rings is 1. The molecule has 27 heavy (non-hydrogen) atoms. The van der Waals surface area contributed by atoms with Gasteiger partial charge in [0.2, 0.25) is 5.90 Å². The number of rotatable bonds is 10. The Morgan fingerprint density at radius 2 is 1.93 bits per heavy atom. The number of ketones is 1. The molecule has 1 aliphatic rings. The molecule has 5 heteroatoms. The summed E-state index contributed by atoms with van der Waals surface area (Å²) >= 11 is 1.59. The summed E-state index contributed by atoms with van der Waals surface area (Å²) in [7, 11) is 0. The van der Waals surface area contributed by atoms with E-state index in [2.05, 4.69) is 4.99 Å². The van der Waals surface area contributed by atoms with Crippen molar-refractivity contribution in [3.05, 3.63) is 51.7 Å². The SMILES string of the molecule is Cc1ccc(C(=O)CCCCCCOc2ccc(C3=NC(C)CO3)cc2)s1. The Morgan fingerprint density at radius 3 is 2.59 bits per heavy atom. The molecule has 1 aromatic carbocycles. The van der Waals surface area contributed by atoms with E-state index in [4.69, 9.17) is 9.47 Å². The van der Waals surface area contributed by atoms with Crippen molar-refractivity contribution in [3.8, 4) is 5.75 Å². The third-order valence-corrected chi connectivity index (χ3v) is 5.52. The molecule has 3 rings (SSSR count). The van der Waals surface area contributed by atoms with Gasteiger partial charge in [0, 0.05) is 16.9 Å². The van der Waals surface area contributed by atoms with Crippen LogP contribution in [0.25, 0.3) is 0 Å². The van der Waals surface area contributed by atoms with E-state index >= 15 is 0 Å². The number of aliphatic imine (C=N–C) groups is 1. The van der Waals surface area contributed by atoms with Crippen LogP contribution < -0.4 is 4.74 Å². The lowest BCUT2D eigenvalue weighted by Crippen LogP contribution is -2.02. The maximum absolute atomic E-state index is 12.0. The second kappa shape index (κ2) is 9.70. The standard InChI is InChI=1S/C22H27NO3S/c1-16-15-26-22(23-16)18-9-11-19(12-10-18)25-14-6-4-3-5-7-20(24)21-13-8-17(2)27-21/h8-13,16H,3-7,14-15H2,1-2H3. The van der Waals surface area contributed by atoms with E-state index in [9.17, 15) is 4.79 Å². The van der Waals surface area contributed by atoms with Gasteiger partial charge in [0.25, 0.3) is 0 Å². The molecule has 0 bridgehead atoms. The number of ether oxygens (including phenoxy) is 2. The molecule has 0 radical (unpaired) electrons. The van der Waals surface area contributed by atoms with E-state index in [-0.39, 0.29) is 11.8 Å². The summed E-state index contributed by atoms with van der Waals surface area (Å²) in [5.74, 6) is 1.87. The van der Waals surface area contributed by atoms with Crippen LogP contribution in [0.5, 0.6) is 5.75 Å². The number of carbonyl (C=O) groups excluding carboxylic acids is 1. The molecule has 1 atom stereocenters. The fourth-order valence-electron chi connectivity index (χ4n) is 2.96. The molecule has 1 aromatic heterocycles. The monoisotopic (exact) mass is 385 g/mol. The van der Waals surface area contributed by atoms with Crippen molar-refractivity contribution in [2.24, 2.45) is 4.99 Å². The van der Waals surface area contributed by atoms with Crippen LogP contribution in [0.1, 0.15) is 59.1 Å². The predicted octanol–water partition coefficient (Wildman–Crippen LogP) is 5.43. The van der Waals surface area contributed by atoms with Gasteiger partial charge in [-0.25, -0.2) is 4.99 Å². The highest BCUT2D eigenvalue weighted by atomic mass is 32.1. The van der Waals surface area contributed by atoms with Crippen LogP contribution in [0.15, 0.2) is 41.4 Å². The molecule has 144 valence electrons. The van der Waals surface area contributed by atoms with E-state index < -0.39 is 0 Å². The third kappa shape index (κ3) is 5.93. The number of hydrogen-bond donors (Lipinski definition) is 0. The third-order valence-electron chi connectivity index (χ3n) is 4.48. The molecule has 1 aliphatic heterocycles. The summed E-state index contributed by atoms with van der Waals surface area (Å²) in [5.41, 5.74) is 0.998. The van der Waals surface area contributed by atoms with Crippen molar-refractivity contribution in [1.82, 2.24) is 0 Å². The van der Waals surface area contributed by atoms with Gasteiger partial charge in [-0.1, -0.05) is 12.8 Å². The highest BCUT2D eigenvalue weighted by Gasteiger charge is 2.15. The molecule has 1 unspecified atom stereocenters. The quantitative estimate of drug-likeness (QED) is 0.404. The minimum absolute atomic E-state index is 0.237. The highest BCUT2D eigenvalue weighted by molar-refractivity contribution is 7.14. The fraction of sp³-hybridized carbons (Fsp3) is 0.455. The van der Waals surface area contributed by atoms with Crippen molar-refractivity contribution in [2.75, 3.05) is 13.2 Å². The van der Waals surface area contributed by atoms with E-state index in [0.717, 1.165) is 47.8 Å². The van der Waals surface area contributed by atoms with Crippen LogP contribution in [-0.2, 0) is 4.74 Å². The van der Waals surface area contributed by atoms with Crippen LogP contribution in [-0.4, -0.2) is 30.9 Å². The molecule has 4 nitrogen and oxygen atoms in total. The van der Waals surface area contributed by atoms with Gasteiger partial charge in [0.1, 0.15) is 12.4 Å². The number of unbranched alkanes of at least 4 members (excludes halogenated alkanes) is 3. The average molecular weight is 386 g/mol. The van der Waals surface area contributed by atoms with Gasteiger partial charge in [-0.05, 0) is 63.1 Å². The Balaban J connectivity index is 1.28. The smallest absolute Gasteiger partial charge is 0.216 e. The normalized spacial score (nSPS) is 16.1. The highest BCUT2D eigenvalue weighted by Crippen LogP contribution is 2.19. The van der Waals surface area contributed by atoms with Crippen LogP contribution >= 0.6 is 11.3 Å². The summed E-state index contributed by atoms with van der Waals surface area (Å²) in [4.78, 5) is 18.6. The Kier molecular flexibility index (Phi) is 7.04. The molecular formula is C22H27NO3S. The van der Waals surface area contributed by atoms with Crippen LogP contribution in [0.3, 0.4) is 0 Å². The van der Waals surface area contributed by atoms with Gasteiger partial charge in [-0.3, -0.25) is 4.79 Å². The summed E-state index contributed by atoms with van der Waals surface area (Å²) in [6.07, 6.45) is 4.74. The fourth-order valence-corrected chi connectivity index (χ4v) is 3.80. The zero-order valence-corrected chi connectivity index (χ0v) is 16.9. The Bertz CT molecular complexity index is 779. The first kappa shape index (κ1) is 19.6. The first-order chi connectivity index (χ1) is 13.1. The molecule has 0 spiro atoms. The second-order valence-corrected chi connectivity index (χ2v) is 8.25. The second-order valence-electron chi connectivity index (χ2n) is 6.96. The average Bonchev–Trinajstić information content (AvgIpc) is 3.30. The molecule has 0 fully saturated rings. The van der Waals surface area contributed by atoms with Crippen molar-refractivity contribution in [1.29, 1.82) is 0 Å². The van der Waals surface area contributed by atoms with Crippen LogP contribution in [0.4, 0.5) is 0 Å². The maximum atomic E-state index is 12.0. The number of benzene rings is 1. The summed E-state index contributed by atoms with van der Waals surface area (Å²) in [6.45, 7) is 5.44. The zero-order chi connectivity index (χ0) is 19.1. The molecule has 0 saturated heterocycles. The lowest BCUT2D eigenvalue weighted by molar-refractivity contribution is 0.0983. The number of carbonyl (C=O) groups is 1. The number of nitrogens with zero attached hydrogens (tertiary/aromatic N) is 1. The lowest BCUT2D eigenvalue weighted by Gasteiger charge is -2.07. The maximum Gasteiger partial charge on any atom is 0.216 e. The summed E-state index contributed by atoms with van der Waals surface area (Å²) < 4.78 is 11.4. The topological polar surface area (TPSA) is 47.9 Å². The van der Waals surface area contributed by atoms with Gasteiger partial charge in [0.15, 0.2) is 5.78 Å². The van der Waals surface area contributed by atoms with Crippen molar-refractivity contribution >= 4 is 23.0 Å². The molecule has 0 saturated carbocycles. The number of hydrogen-bond acceptors (Lipinski definition) is 5. The van der Waals surface area contributed by atoms with E-state index in [1.165, 1.54) is 4.88 Å². The molecule has 0 aliphatic carbocycles. The predicted molar refractivity (Wildman–Crippen MR) is 110 cm³/mol. The van der Waals surface area contributed by atoms with Crippen LogP contribution in [0.2, 0.25) is 0 Å². The largest absolute Gasteiger partial charge is 0.494 e. The molecule has 2 aromatic rings. The number of aryl methyl sites for hydroxylation is 1. The Hall–Kier alpha value is -2.14. The van der Waals surface area contributed by atoms with Crippen molar-refractivity contribution in [3.63, 3.8) is 0 Å². The molecule has 0 amide bonds. The first-order valence-corrected chi connectivity index (χ1v) is 10.5. The summed E-state index contributed by atoms with van der Waals surface area (Å²) in [6, 6.07) is 12.1. The van der Waals surface area contributed by atoms with E-state index in [0.29, 0.717) is 19.6 Å². The molecule has 0 N–H and O–H groups in total. The van der Waals surface area contributed by atoms with Gasteiger partial charge >= 0.3 is 0 Å². The Labute approximate surface area is 165 Å². The zero-order valence-electron chi connectivity index (χ0n) is 16.1. The lowest BCUT2D eigenvalue weighted by atomic mass is 10.1. The summed E-state index contributed by atoms with van der Waals surface area (Å²) in [5, 5.41) is 0. The van der Waals surface area contributed by atoms with E-state index in [1.807, 2.05) is 50.2 Å². The first-order valence-electron chi connectivity index (χ1n) is 9.65. The molecule has 2 heterocycles. The van der Waals surface area contributed by atoms with E-state index in [1.54, 1.807) is 11.3 Å². The minimum atomic E-state index is 0.237. The van der Waals surface area contributed by atoms with Gasteiger partial charge in [-0.2, -0.15) is 0 Å². The van der Waals surface area contributed by atoms with Crippen molar-refractivity contribution < 1.29 is 14.3 Å². The van der Waals surface area contributed by atoms with Crippen LogP contribution in [0, 0.1) is 6.92 Å². The van der Waals surface area contributed by atoms with Crippen molar-refractivity contribution in [2.45, 2.75) is 52.0 Å².